The molecule has 0 spiro atoms. The number of fused-ring (bicyclic) bond motifs is 1. The topological polar surface area (TPSA) is 12.4 Å². The zero-order valence-corrected chi connectivity index (χ0v) is 14.4. The molecule has 126 valence electrons. The maximum atomic E-state index is 13.8. The molecule has 0 aromatic heterocycles. The van der Waals surface area contributed by atoms with Crippen molar-refractivity contribution in [2.24, 2.45) is 10.4 Å². The molecule has 0 amide bonds. The Labute approximate surface area is 143 Å². The van der Waals surface area contributed by atoms with Crippen molar-refractivity contribution < 1.29 is 13.2 Å². The number of hydrogen-bond donors (Lipinski definition) is 0. The van der Waals surface area contributed by atoms with E-state index in [1.807, 2.05) is 0 Å². The summed E-state index contributed by atoms with van der Waals surface area (Å²) in [5, 5.41) is 0. The van der Waals surface area contributed by atoms with Gasteiger partial charge in [-0.1, -0.05) is 19.9 Å². The number of halogens is 3. The lowest BCUT2D eigenvalue weighted by Crippen LogP contribution is -2.26. The fraction of sp³-hybridized carbons (Fsp3) is 0.421. The second kappa shape index (κ2) is 5.51. The molecule has 0 fully saturated rings. The molecule has 4 rings (SSSR count). The van der Waals surface area contributed by atoms with Crippen molar-refractivity contribution in [1.29, 1.82) is 0 Å². The zero-order valence-electron chi connectivity index (χ0n) is 13.6. The minimum absolute atomic E-state index is 0.0189. The molecule has 0 saturated carbocycles. The van der Waals surface area contributed by atoms with Crippen LogP contribution in [0.1, 0.15) is 44.6 Å². The minimum Gasteiger partial charge on any atom is -0.257 e. The molecule has 1 nitrogen and oxygen atoms in total. The van der Waals surface area contributed by atoms with E-state index in [2.05, 4.69) is 19.9 Å². The molecular formula is C19H18F3NS. The molecule has 1 aromatic rings. The Kier molecular flexibility index (Phi) is 3.68. The predicted molar refractivity (Wildman–Crippen MR) is 91.7 cm³/mol. The lowest BCUT2D eigenvalue weighted by atomic mass is 9.72. The van der Waals surface area contributed by atoms with Crippen LogP contribution in [0, 0.1) is 22.9 Å². The van der Waals surface area contributed by atoms with E-state index in [4.69, 9.17) is 4.99 Å². The van der Waals surface area contributed by atoms with Gasteiger partial charge >= 0.3 is 0 Å². The Hall–Kier alpha value is -1.49. The summed E-state index contributed by atoms with van der Waals surface area (Å²) >= 11 is 1.69. The van der Waals surface area contributed by atoms with Gasteiger partial charge in [-0.05, 0) is 47.9 Å². The summed E-state index contributed by atoms with van der Waals surface area (Å²) in [5.74, 6) is -2.97. The molecule has 0 radical (unpaired) electrons. The summed E-state index contributed by atoms with van der Waals surface area (Å²) in [5.41, 5.74) is 3.58. The van der Waals surface area contributed by atoms with Crippen LogP contribution in [-0.2, 0) is 0 Å². The number of rotatable bonds is 1. The largest absolute Gasteiger partial charge is 0.257 e. The van der Waals surface area contributed by atoms with Gasteiger partial charge in [0.2, 0.25) is 0 Å². The highest BCUT2D eigenvalue weighted by molar-refractivity contribution is 8.03. The van der Waals surface area contributed by atoms with Gasteiger partial charge in [0.1, 0.15) is 0 Å². The van der Waals surface area contributed by atoms with Crippen molar-refractivity contribution in [2.45, 2.75) is 39.0 Å². The first-order chi connectivity index (χ1) is 11.4. The van der Waals surface area contributed by atoms with Crippen LogP contribution in [0.25, 0.3) is 0 Å². The van der Waals surface area contributed by atoms with Crippen molar-refractivity contribution >= 4 is 17.5 Å². The first-order valence-corrected chi connectivity index (χ1v) is 9.15. The number of benzene rings is 1. The van der Waals surface area contributed by atoms with Crippen LogP contribution in [0.15, 0.2) is 39.4 Å². The number of nitrogens with zero attached hydrogens (tertiary/aromatic N) is 1. The molecule has 1 atom stereocenters. The normalized spacial score (nSPS) is 25.1. The van der Waals surface area contributed by atoms with Crippen LogP contribution in [0.3, 0.4) is 0 Å². The molecule has 2 heterocycles. The molecule has 2 aliphatic heterocycles. The Balaban J connectivity index is 1.91. The van der Waals surface area contributed by atoms with Gasteiger partial charge in [-0.2, -0.15) is 0 Å². The van der Waals surface area contributed by atoms with E-state index in [1.54, 1.807) is 11.8 Å². The number of aliphatic imine (C=N–C) groups is 1. The monoisotopic (exact) mass is 349 g/mol. The molecule has 1 aromatic carbocycles. The third-order valence-electron chi connectivity index (χ3n) is 4.95. The smallest absolute Gasteiger partial charge is 0.194 e. The van der Waals surface area contributed by atoms with Gasteiger partial charge < -0.3 is 0 Å². The zero-order chi connectivity index (χ0) is 17.1. The van der Waals surface area contributed by atoms with Gasteiger partial charge in [0.15, 0.2) is 17.5 Å². The first-order valence-electron chi connectivity index (χ1n) is 8.17. The number of hydrogen-bond acceptors (Lipinski definition) is 2. The Morgan fingerprint density at radius 2 is 1.83 bits per heavy atom. The highest BCUT2D eigenvalue weighted by Gasteiger charge is 2.38. The first kappa shape index (κ1) is 16.0. The molecule has 0 saturated heterocycles. The van der Waals surface area contributed by atoms with Crippen molar-refractivity contribution in [3.63, 3.8) is 0 Å². The van der Waals surface area contributed by atoms with Gasteiger partial charge in [-0.15, -0.1) is 11.8 Å². The lowest BCUT2D eigenvalue weighted by molar-refractivity contribution is 0.433. The summed E-state index contributed by atoms with van der Waals surface area (Å²) in [6, 6.07) is 2.27. The fourth-order valence-corrected chi connectivity index (χ4v) is 4.99. The van der Waals surface area contributed by atoms with Gasteiger partial charge in [0.05, 0.1) is 5.70 Å². The summed E-state index contributed by atoms with van der Waals surface area (Å²) < 4.78 is 41.1. The SMILES string of the molecule is CC1(C)C=C2C(=NC3=C(SCC3)C2c2cc(F)c(F)c(F)c2)CC1. The minimum atomic E-state index is -1.41. The van der Waals surface area contributed by atoms with Crippen LogP contribution in [-0.4, -0.2) is 11.5 Å². The van der Waals surface area contributed by atoms with E-state index in [0.29, 0.717) is 5.56 Å². The highest BCUT2D eigenvalue weighted by atomic mass is 32.2. The van der Waals surface area contributed by atoms with Crippen LogP contribution < -0.4 is 0 Å². The summed E-state index contributed by atoms with van der Waals surface area (Å²) in [7, 11) is 0. The quantitative estimate of drug-likeness (QED) is 0.589. The van der Waals surface area contributed by atoms with E-state index < -0.39 is 17.5 Å². The maximum absolute atomic E-state index is 13.8. The van der Waals surface area contributed by atoms with Crippen LogP contribution >= 0.6 is 11.8 Å². The molecule has 3 aliphatic rings. The third-order valence-corrected chi connectivity index (χ3v) is 6.14. The van der Waals surface area contributed by atoms with Gasteiger partial charge in [0, 0.05) is 22.3 Å². The number of allylic oxidation sites excluding steroid dienone is 4. The highest BCUT2D eigenvalue weighted by Crippen LogP contribution is 2.51. The van der Waals surface area contributed by atoms with E-state index in [0.717, 1.165) is 59.0 Å². The van der Waals surface area contributed by atoms with Crippen LogP contribution in [0.2, 0.25) is 0 Å². The third kappa shape index (κ3) is 2.53. The van der Waals surface area contributed by atoms with Gasteiger partial charge in [-0.3, -0.25) is 4.99 Å². The van der Waals surface area contributed by atoms with Gasteiger partial charge in [-0.25, -0.2) is 13.2 Å². The van der Waals surface area contributed by atoms with Gasteiger partial charge in [0.25, 0.3) is 0 Å². The van der Waals surface area contributed by atoms with Crippen LogP contribution in [0.5, 0.6) is 0 Å². The Morgan fingerprint density at radius 1 is 1.12 bits per heavy atom. The van der Waals surface area contributed by atoms with Crippen molar-refractivity contribution in [3.05, 3.63) is 57.4 Å². The summed E-state index contributed by atoms with van der Waals surface area (Å²) in [6.07, 6.45) is 4.93. The average molecular weight is 349 g/mol. The maximum Gasteiger partial charge on any atom is 0.194 e. The van der Waals surface area contributed by atoms with E-state index in [9.17, 15) is 13.2 Å². The van der Waals surface area contributed by atoms with E-state index in [1.165, 1.54) is 0 Å². The molecule has 1 unspecified atom stereocenters. The standard InChI is InChI=1S/C19H18F3NS/c1-19(2)5-3-14-11(9-19)16(18-15(23-14)4-6-24-18)10-7-12(20)17(22)13(21)8-10/h7-9,16H,3-6H2,1-2H3. The summed E-state index contributed by atoms with van der Waals surface area (Å²) in [6.45, 7) is 4.32. The summed E-state index contributed by atoms with van der Waals surface area (Å²) in [4.78, 5) is 5.88. The second-order valence-electron chi connectivity index (χ2n) is 7.29. The molecule has 0 N–H and O–H groups in total. The lowest BCUT2D eigenvalue weighted by Gasteiger charge is -2.35. The molecule has 1 aliphatic carbocycles. The molecule has 5 heteroatoms. The fourth-order valence-electron chi connectivity index (χ4n) is 3.73. The van der Waals surface area contributed by atoms with Crippen molar-refractivity contribution in [2.75, 3.05) is 5.75 Å². The average Bonchev–Trinajstić information content (AvgIpc) is 2.97. The van der Waals surface area contributed by atoms with Crippen molar-refractivity contribution in [1.82, 2.24) is 0 Å². The molecule has 0 bridgehead atoms. The van der Waals surface area contributed by atoms with E-state index >= 15 is 0 Å². The predicted octanol–water partition coefficient (Wildman–Crippen LogP) is 5.74. The molecule has 24 heavy (non-hydrogen) atoms. The van der Waals surface area contributed by atoms with Crippen LogP contribution in [0.4, 0.5) is 13.2 Å². The second-order valence-corrected chi connectivity index (χ2v) is 8.42. The number of thioether (sulfide) groups is 1. The molecular weight excluding hydrogens is 331 g/mol. The van der Waals surface area contributed by atoms with E-state index in [-0.39, 0.29) is 11.3 Å². The van der Waals surface area contributed by atoms with Crippen molar-refractivity contribution in [3.8, 4) is 0 Å². The Morgan fingerprint density at radius 3 is 2.54 bits per heavy atom. The Bertz CT molecular complexity index is 797.